The van der Waals surface area contributed by atoms with Gasteiger partial charge in [-0.25, -0.2) is 0 Å². The molecule has 1 aromatic heterocycles. The van der Waals surface area contributed by atoms with Gasteiger partial charge in [0.05, 0.1) is 19.0 Å². The Morgan fingerprint density at radius 1 is 1.53 bits per heavy atom. The summed E-state index contributed by atoms with van der Waals surface area (Å²) in [5.74, 6) is 0.916. The molecule has 15 heavy (non-hydrogen) atoms. The second-order valence-corrected chi connectivity index (χ2v) is 3.59. The quantitative estimate of drug-likeness (QED) is 0.694. The summed E-state index contributed by atoms with van der Waals surface area (Å²) in [6, 6.07) is 0. The maximum absolute atomic E-state index is 5.30. The molecule has 0 fully saturated rings. The lowest BCUT2D eigenvalue weighted by molar-refractivity contribution is 0.405. The van der Waals surface area contributed by atoms with Crippen LogP contribution in [0.15, 0.2) is 6.20 Å². The number of hydrogen-bond acceptors (Lipinski definition) is 3. The Morgan fingerprint density at radius 3 is 2.93 bits per heavy atom. The minimum absolute atomic E-state index is 0.916. The van der Waals surface area contributed by atoms with Gasteiger partial charge in [0.2, 0.25) is 0 Å². The van der Waals surface area contributed by atoms with Crippen molar-refractivity contribution in [3.63, 3.8) is 0 Å². The van der Waals surface area contributed by atoms with Crippen molar-refractivity contribution in [2.24, 2.45) is 0 Å². The van der Waals surface area contributed by atoms with Crippen LogP contribution in [0.2, 0.25) is 0 Å². The molecule has 0 saturated heterocycles. The Balaban J connectivity index is 2.66. The van der Waals surface area contributed by atoms with Gasteiger partial charge in [-0.15, -0.1) is 0 Å². The second kappa shape index (κ2) is 6.45. The van der Waals surface area contributed by atoms with Crippen LogP contribution in [0.25, 0.3) is 0 Å². The Bertz CT molecular complexity index is 283. The van der Waals surface area contributed by atoms with Gasteiger partial charge in [0.1, 0.15) is 0 Å². The minimum atomic E-state index is 0.916. The number of aromatic nitrogens is 2. The van der Waals surface area contributed by atoms with Gasteiger partial charge in [-0.05, 0) is 32.9 Å². The molecule has 0 aliphatic rings. The number of nitrogens with one attached hydrogen (secondary N) is 1. The van der Waals surface area contributed by atoms with E-state index in [4.69, 9.17) is 4.74 Å². The molecule has 4 nitrogen and oxygen atoms in total. The van der Waals surface area contributed by atoms with Crippen molar-refractivity contribution in [2.45, 2.75) is 32.7 Å². The highest BCUT2D eigenvalue weighted by Crippen LogP contribution is 2.19. The standard InChI is InChI=1S/C11H21N3O/c1-4-8-14-10(6-5-7-12-2)11(15-3)9-13-14/h9,12H,4-8H2,1-3H3. The lowest BCUT2D eigenvalue weighted by Gasteiger charge is -2.07. The van der Waals surface area contributed by atoms with Gasteiger partial charge in [0, 0.05) is 6.54 Å². The Hall–Kier alpha value is -1.03. The maximum atomic E-state index is 5.30. The molecule has 1 heterocycles. The van der Waals surface area contributed by atoms with Gasteiger partial charge in [0.25, 0.3) is 0 Å². The summed E-state index contributed by atoms with van der Waals surface area (Å²) in [4.78, 5) is 0. The first-order valence-electron chi connectivity index (χ1n) is 5.56. The van der Waals surface area contributed by atoms with Crippen LogP contribution in [-0.2, 0) is 13.0 Å². The molecular formula is C11H21N3O. The van der Waals surface area contributed by atoms with E-state index in [0.29, 0.717) is 0 Å². The minimum Gasteiger partial charge on any atom is -0.493 e. The molecule has 0 aromatic carbocycles. The molecule has 1 aromatic rings. The van der Waals surface area contributed by atoms with E-state index in [-0.39, 0.29) is 0 Å². The van der Waals surface area contributed by atoms with Crippen LogP contribution in [0.1, 0.15) is 25.5 Å². The molecule has 0 unspecified atom stereocenters. The highest BCUT2D eigenvalue weighted by atomic mass is 16.5. The molecule has 0 amide bonds. The molecule has 0 radical (unpaired) electrons. The highest BCUT2D eigenvalue weighted by Gasteiger charge is 2.09. The molecule has 0 bridgehead atoms. The first kappa shape index (κ1) is 12.0. The predicted octanol–water partition coefficient (Wildman–Crippen LogP) is 1.45. The summed E-state index contributed by atoms with van der Waals surface area (Å²) in [7, 11) is 3.68. The molecule has 1 N–H and O–H groups in total. The van der Waals surface area contributed by atoms with E-state index in [2.05, 4.69) is 22.0 Å². The largest absolute Gasteiger partial charge is 0.493 e. The SMILES string of the molecule is CCCn1ncc(OC)c1CCCNC. The van der Waals surface area contributed by atoms with Crippen LogP contribution in [0.5, 0.6) is 5.75 Å². The van der Waals surface area contributed by atoms with E-state index < -0.39 is 0 Å². The van der Waals surface area contributed by atoms with E-state index in [1.165, 1.54) is 5.69 Å². The number of hydrogen-bond donors (Lipinski definition) is 1. The molecule has 86 valence electrons. The van der Waals surface area contributed by atoms with Crippen molar-refractivity contribution in [3.05, 3.63) is 11.9 Å². The average molecular weight is 211 g/mol. The van der Waals surface area contributed by atoms with Crippen molar-refractivity contribution >= 4 is 0 Å². The predicted molar refractivity (Wildman–Crippen MR) is 61.3 cm³/mol. The van der Waals surface area contributed by atoms with E-state index >= 15 is 0 Å². The fourth-order valence-electron chi connectivity index (χ4n) is 1.65. The van der Waals surface area contributed by atoms with Gasteiger partial charge in [-0.2, -0.15) is 5.10 Å². The summed E-state index contributed by atoms with van der Waals surface area (Å²) in [5.41, 5.74) is 1.22. The highest BCUT2D eigenvalue weighted by molar-refractivity contribution is 5.25. The molecule has 0 atom stereocenters. The number of ether oxygens (including phenoxy) is 1. The average Bonchev–Trinajstić information content (AvgIpc) is 2.62. The summed E-state index contributed by atoms with van der Waals surface area (Å²) >= 11 is 0. The van der Waals surface area contributed by atoms with Crippen molar-refractivity contribution in [2.75, 3.05) is 20.7 Å². The van der Waals surface area contributed by atoms with Crippen LogP contribution in [0.4, 0.5) is 0 Å². The molecule has 0 spiro atoms. The lowest BCUT2D eigenvalue weighted by atomic mass is 10.2. The fraction of sp³-hybridized carbons (Fsp3) is 0.727. The number of aryl methyl sites for hydroxylation is 1. The normalized spacial score (nSPS) is 10.6. The van der Waals surface area contributed by atoms with Crippen LogP contribution >= 0.6 is 0 Å². The van der Waals surface area contributed by atoms with E-state index in [0.717, 1.165) is 38.1 Å². The van der Waals surface area contributed by atoms with Crippen molar-refractivity contribution in [1.29, 1.82) is 0 Å². The van der Waals surface area contributed by atoms with Crippen LogP contribution < -0.4 is 10.1 Å². The second-order valence-electron chi connectivity index (χ2n) is 3.59. The Labute approximate surface area is 91.6 Å². The van der Waals surface area contributed by atoms with Crippen LogP contribution in [-0.4, -0.2) is 30.5 Å². The number of methoxy groups -OCH3 is 1. The molecular weight excluding hydrogens is 190 g/mol. The van der Waals surface area contributed by atoms with Crippen LogP contribution in [0, 0.1) is 0 Å². The number of nitrogens with zero attached hydrogens (tertiary/aromatic N) is 2. The molecule has 0 saturated carbocycles. The lowest BCUT2D eigenvalue weighted by Crippen LogP contribution is -2.11. The van der Waals surface area contributed by atoms with Crippen molar-refractivity contribution in [3.8, 4) is 5.75 Å². The molecule has 4 heteroatoms. The Kier molecular flexibility index (Phi) is 5.18. The van der Waals surface area contributed by atoms with Crippen molar-refractivity contribution < 1.29 is 4.74 Å². The van der Waals surface area contributed by atoms with Crippen LogP contribution in [0.3, 0.4) is 0 Å². The van der Waals surface area contributed by atoms with Gasteiger partial charge >= 0.3 is 0 Å². The molecule has 1 rings (SSSR count). The van der Waals surface area contributed by atoms with Gasteiger partial charge in [-0.1, -0.05) is 6.92 Å². The molecule has 0 aliphatic carbocycles. The third kappa shape index (κ3) is 3.23. The zero-order valence-corrected chi connectivity index (χ0v) is 9.92. The molecule has 0 aliphatic heterocycles. The van der Waals surface area contributed by atoms with E-state index in [1.807, 2.05) is 13.2 Å². The summed E-state index contributed by atoms with van der Waals surface area (Å²) in [6.45, 7) is 4.16. The third-order valence-electron chi connectivity index (χ3n) is 2.41. The monoisotopic (exact) mass is 211 g/mol. The zero-order chi connectivity index (χ0) is 11.1. The third-order valence-corrected chi connectivity index (χ3v) is 2.41. The summed E-state index contributed by atoms with van der Waals surface area (Å²) in [6.07, 6.45) is 5.04. The van der Waals surface area contributed by atoms with Gasteiger partial charge in [-0.3, -0.25) is 4.68 Å². The smallest absolute Gasteiger partial charge is 0.159 e. The Morgan fingerprint density at radius 2 is 2.33 bits per heavy atom. The van der Waals surface area contributed by atoms with Crippen molar-refractivity contribution in [1.82, 2.24) is 15.1 Å². The maximum Gasteiger partial charge on any atom is 0.159 e. The summed E-state index contributed by atoms with van der Waals surface area (Å²) < 4.78 is 7.35. The first-order chi connectivity index (χ1) is 7.33. The first-order valence-corrected chi connectivity index (χ1v) is 5.56. The van der Waals surface area contributed by atoms with E-state index in [1.54, 1.807) is 7.11 Å². The number of rotatable bonds is 7. The van der Waals surface area contributed by atoms with Gasteiger partial charge < -0.3 is 10.1 Å². The summed E-state index contributed by atoms with van der Waals surface area (Å²) in [5, 5.41) is 7.48. The van der Waals surface area contributed by atoms with Gasteiger partial charge in [0.15, 0.2) is 5.75 Å². The fourth-order valence-corrected chi connectivity index (χ4v) is 1.65. The van der Waals surface area contributed by atoms with E-state index in [9.17, 15) is 0 Å². The zero-order valence-electron chi connectivity index (χ0n) is 9.92. The topological polar surface area (TPSA) is 39.1 Å².